The largest absolute Gasteiger partial charge is 0.492 e. The molecule has 164 valence electrons. The molecule has 1 saturated heterocycles. The first-order valence-corrected chi connectivity index (χ1v) is 10.3. The summed E-state index contributed by atoms with van der Waals surface area (Å²) in [5, 5.41) is 2.88. The maximum absolute atomic E-state index is 13.2. The Labute approximate surface area is 178 Å². The zero-order chi connectivity index (χ0) is 22.0. The highest BCUT2D eigenvalue weighted by Gasteiger charge is 2.33. The number of amides is 2. The Bertz CT molecular complexity index is 977. The molecule has 2 aliphatic heterocycles. The van der Waals surface area contributed by atoms with Gasteiger partial charge in [0.15, 0.2) is 0 Å². The molecule has 0 spiro atoms. The van der Waals surface area contributed by atoms with Crippen LogP contribution in [0, 0.1) is 5.92 Å². The molecule has 2 atom stereocenters. The van der Waals surface area contributed by atoms with E-state index in [0.29, 0.717) is 31.4 Å². The number of fused-ring (bicyclic) bond motifs is 1. The lowest BCUT2D eigenvalue weighted by molar-refractivity contribution is -0.137. The zero-order valence-corrected chi connectivity index (χ0v) is 16.8. The van der Waals surface area contributed by atoms with Crippen molar-refractivity contribution < 1.29 is 27.5 Å². The molecule has 0 aliphatic carbocycles. The van der Waals surface area contributed by atoms with Gasteiger partial charge in [-0.3, -0.25) is 9.59 Å². The normalized spacial score (nSPS) is 19.5. The predicted molar refractivity (Wildman–Crippen MR) is 107 cm³/mol. The van der Waals surface area contributed by atoms with E-state index >= 15 is 0 Å². The van der Waals surface area contributed by atoms with Crippen LogP contribution < -0.4 is 10.1 Å². The molecule has 0 radical (unpaired) electrons. The van der Waals surface area contributed by atoms with Crippen LogP contribution in [0.25, 0.3) is 0 Å². The van der Waals surface area contributed by atoms with Gasteiger partial charge in [0.25, 0.3) is 0 Å². The molecular weight excluding hydrogens is 409 g/mol. The van der Waals surface area contributed by atoms with Crippen molar-refractivity contribution in [2.75, 3.05) is 19.7 Å². The summed E-state index contributed by atoms with van der Waals surface area (Å²) in [6.45, 7) is 0.862. The first-order valence-electron chi connectivity index (χ1n) is 10.3. The Kier molecular flexibility index (Phi) is 5.89. The molecular formula is C23H23F3N2O3. The van der Waals surface area contributed by atoms with Crippen LogP contribution in [0.15, 0.2) is 48.5 Å². The highest BCUT2D eigenvalue weighted by atomic mass is 19.4. The SMILES string of the molecule is O=C(N[C@H](CN1CCCC1=O)c1cccc(C(F)(F)F)c1)[C@H]1COc2ccccc2C1. The number of hydrogen-bond acceptors (Lipinski definition) is 3. The number of rotatable bonds is 5. The highest BCUT2D eigenvalue weighted by molar-refractivity contribution is 5.81. The number of alkyl halides is 3. The molecule has 2 aromatic rings. The average molecular weight is 432 g/mol. The highest BCUT2D eigenvalue weighted by Crippen LogP contribution is 2.32. The van der Waals surface area contributed by atoms with Gasteiger partial charge >= 0.3 is 6.18 Å². The van der Waals surface area contributed by atoms with E-state index in [0.717, 1.165) is 23.4 Å². The van der Waals surface area contributed by atoms with Gasteiger partial charge in [0, 0.05) is 19.5 Å². The minimum absolute atomic E-state index is 0.0545. The molecule has 8 heteroatoms. The summed E-state index contributed by atoms with van der Waals surface area (Å²) < 4.78 is 45.4. The van der Waals surface area contributed by atoms with Gasteiger partial charge in [0.05, 0.1) is 17.5 Å². The van der Waals surface area contributed by atoms with Crippen LogP contribution in [0.1, 0.15) is 35.6 Å². The number of para-hydroxylation sites is 1. The van der Waals surface area contributed by atoms with Gasteiger partial charge in [-0.1, -0.05) is 30.3 Å². The van der Waals surface area contributed by atoms with Crippen molar-refractivity contribution >= 4 is 11.8 Å². The van der Waals surface area contributed by atoms with Gasteiger partial charge in [-0.25, -0.2) is 0 Å². The second kappa shape index (κ2) is 8.61. The Balaban J connectivity index is 1.55. The van der Waals surface area contributed by atoms with Crippen molar-refractivity contribution in [3.05, 3.63) is 65.2 Å². The maximum Gasteiger partial charge on any atom is 0.416 e. The van der Waals surface area contributed by atoms with Crippen LogP contribution >= 0.6 is 0 Å². The molecule has 2 aromatic carbocycles. The van der Waals surface area contributed by atoms with Crippen LogP contribution in [0.4, 0.5) is 13.2 Å². The molecule has 5 nitrogen and oxygen atoms in total. The van der Waals surface area contributed by atoms with E-state index in [1.165, 1.54) is 6.07 Å². The van der Waals surface area contributed by atoms with Crippen LogP contribution in [-0.2, 0) is 22.2 Å². The fraction of sp³-hybridized carbons (Fsp3) is 0.391. The van der Waals surface area contributed by atoms with Gasteiger partial charge in [0.1, 0.15) is 12.4 Å². The second-order valence-corrected chi connectivity index (χ2v) is 7.95. The third kappa shape index (κ3) is 4.84. The summed E-state index contributed by atoms with van der Waals surface area (Å²) in [6.07, 6.45) is -2.89. The topological polar surface area (TPSA) is 58.6 Å². The summed E-state index contributed by atoms with van der Waals surface area (Å²) in [6, 6.07) is 11.6. The Hall–Kier alpha value is -3.03. The third-order valence-corrected chi connectivity index (χ3v) is 5.76. The fourth-order valence-electron chi connectivity index (χ4n) is 4.07. The van der Waals surface area contributed by atoms with Crippen molar-refractivity contribution in [1.29, 1.82) is 0 Å². The van der Waals surface area contributed by atoms with E-state index in [1.807, 2.05) is 24.3 Å². The second-order valence-electron chi connectivity index (χ2n) is 7.95. The molecule has 4 rings (SSSR count). The van der Waals surface area contributed by atoms with Gasteiger partial charge in [0.2, 0.25) is 11.8 Å². The minimum Gasteiger partial charge on any atom is -0.492 e. The molecule has 0 aromatic heterocycles. The van der Waals surface area contributed by atoms with E-state index in [9.17, 15) is 22.8 Å². The lowest BCUT2D eigenvalue weighted by Gasteiger charge is -2.29. The quantitative estimate of drug-likeness (QED) is 0.783. The zero-order valence-electron chi connectivity index (χ0n) is 16.8. The van der Waals surface area contributed by atoms with Crippen molar-refractivity contribution in [2.45, 2.75) is 31.5 Å². The molecule has 0 saturated carbocycles. The molecule has 0 unspecified atom stereocenters. The number of carbonyl (C=O) groups is 2. The lowest BCUT2D eigenvalue weighted by atomic mass is 9.95. The maximum atomic E-state index is 13.2. The minimum atomic E-state index is -4.49. The monoisotopic (exact) mass is 432 g/mol. The molecule has 1 fully saturated rings. The third-order valence-electron chi connectivity index (χ3n) is 5.76. The van der Waals surface area contributed by atoms with E-state index in [4.69, 9.17) is 4.74 Å². The average Bonchev–Trinajstić information content (AvgIpc) is 3.16. The predicted octanol–water partition coefficient (Wildman–Crippen LogP) is 3.74. The number of carbonyl (C=O) groups excluding carboxylic acids is 2. The van der Waals surface area contributed by atoms with E-state index in [1.54, 1.807) is 11.0 Å². The summed E-state index contributed by atoms with van der Waals surface area (Å²) in [7, 11) is 0. The first kappa shape index (κ1) is 21.2. The number of ether oxygens (including phenoxy) is 1. The van der Waals surface area contributed by atoms with Crippen molar-refractivity contribution in [1.82, 2.24) is 10.2 Å². The van der Waals surface area contributed by atoms with Gasteiger partial charge in [-0.05, 0) is 42.2 Å². The Morgan fingerprint density at radius 3 is 2.74 bits per heavy atom. The number of hydrogen-bond donors (Lipinski definition) is 1. The molecule has 31 heavy (non-hydrogen) atoms. The van der Waals surface area contributed by atoms with E-state index in [2.05, 4.69) is 5.32 Å². The van der Waals surface area contributed by atoms with Crippen molar-refractivity contribution in [2.24, 2.45) is 5.92 Å². The number of nitrogens with zero attached hydrogens (tertiary/aromatic N) is 1. The number of benzene rings is 2. The van der Waals surface area contributed by atoms with Crippen LogP contribution in [0.5, 0.6) is 5.75 Å². The van der Waals surface area contributed by atoms with E-state index in [-0.39, 0.29) is 25.0 Å². The smallest absolute Gasteiger partial charge is 0.416 e. The standard InChI is InChI=1S/C23H23F3N2O3/c24-23(25,26)18-7-3-6-15(12-18)19(13-28-10-4-9-21(28)29)27-22(30)17-11-16-5-1-2-8-20(16)31-14-17/h1-3,5-8,12,17,19H,4,9-11,13-14H2,(H,27,30)/t17-,19-/m1/s1. The molecule has 2 aliphatic rings. The number of likely N-dealkylation sites (tertiary alicyclic amines) is 1. The van der Waals surface area contributed by atoms with Crippen LogP contribution in [0.2, 0.25) is 0 Å². The fourth-order valence-corrected chi connectivity index (χ4v) is 4.07. The Morgan fingerprint density at radius 2 is 2.00 bits per heavy atom. The summed E-state index contributed by atoms with van der Waals surface area (Å²) in [5.74, 6) is -0.0779. The van der Waals surface area contributed by atoms with Gasteiger partial charge in [-0.15, -0.1) is 0 Å². The molecule has 0 bridgehead atoms. The first-order chi connectivity index (χ1) is 14.8. The lowest BCUT2D eigenvalue weighted by Crippen LogP contribution is -2.43. The van der Waals surface area contributed by atoms with Gasteiger partial charge in [-0.2, -0.15) is 13.2 Å². The van der Waals surface area contributed by atoms with Crippen LogP contribution in [0.3, 0.4) is 0 Å². The van der Waals surface area contributed by atoms with Gasteiger partial charge < -0.3 is 15.0 Å². The summed E-state index contributed by atoms with van der Waals surface area (Å²) >= 11 is 0. The molecule has 2 amide bonds. The molecule has 1 N–H and O–H groups in total. The van der Waals surface area contributed by atoms with Crippen LogP contribution in [-0.4, -0.2) is 36.4 Å². The summed E-state index contributed by atoms with van der Waals surface area (Å²) in [4.78, 5) is 26.7. The number of nitrogens with one attached hydrogen (secondary N) is 1. The van der Waals surface area contributed by atoms with Crippen molar-refractivity contribution in [3.8, 4) is 5.75 Å². The molecule has 2 heterocycles. The van der Waals surface area contributed by atoms with Crippen molar-refractivity contribution in [3.63, 3.8) is 0 Å². The summed E-state index contributed by atoms with van der Waals surface area (Å²) in [5.41, 5.74) is 0.450. The van der Waals surface area contributed by atoms with E-state index < -0.39 is 23.7 Å². The number of halogens is 3. The Morgan fingerprint density at radius 1 is 1.19 bits per heavy atom.